The number of alkyl halides is 6. The third-order valence-electron chi connectivity index (χ3n) is 4.44. The number of esters is 1. The smallest absolute Gasteiger partial charge is 0.870 e. The van der Waals surface area contributed by atoms with E-state index in [1.54, 1.807) is 6.92 Å². The molecule has 4 rings (SSSR count). The van der Waals surface area contributed by atoms with Crippen molar-refractivity contribution in [1.29, 1.82) is 0 Å². The maximum absolute atomic E-state index is 12.7. The van der Waals surface area contributed by atoms with Crippen LogP contribution in [0.1, 0.15) is 50.7 Å². The van der Waals surface area contributed by atoms with E-state index in [0.29, 0.717) is 0 Å². The molecule has 0 aromatic carbocycles. The largest absolute Gasteiger partial charge is 1.00 e. The van der Waals surface area contributed by atoms with E-state index in [-0.39, 0.29) is 81.4 Å². The van der Waals surface area contributed by atoms with Gasteiger partial charge in [-0.25, -0.2) is 39.5 Å². The number of nitrogens with one attached hydrogen (secondary N) is 2. The molecule has 14 nitrogen and oxygen atoms in total. The number of nitrogens with zero attached hydrogens (tertiary/aromatic N) is 6. The summed E-state index contributed by atoms with van der Waals surface area (Å²) >= 11 is 1.96. The molecule has 4 aromatic rings. The Bertz CT molecular complexity index is 1590. The van der Waals surface area contributed by atoms with Crippen LogP contribution in [-0.4, -0.2) is 64.5 Å². The van der Waals surface area contributed by atoms with E-state index in [0.717, 1.165) is 34.8 Å². The zero-order chi connectivity index (χ0) is 31.2. The van der Waals surface area contributed by atoms with E-state index in [1.807, 2.05) is 0 Å². The Kier molecular flexibility index (Phi) is 15.5. The third kappa shape index (κ3) is 12.2. The van der Waals surface area contributed by atoms with Crippen LogP contribution in [0.25, 0.3) is 0 Å². The molecule has 0 radical (unpaired) electrons. The molecule has 4 aromatic heterocycles. The fraction of sp³-hybridized carbons (Fsp3) is 0.273. The summed E-state index contributed by atoms with van der Waals surface area (Å²) in [6.45, 7) is 4.68. The summed E-state index contributed by atoms with van der Waals surface area (Å²) in [5.74, 6) is -2.36. The SMILES string of the molecule is CCOC(=O)c1csc(Nc2nc(C)cc(C(F)(F)F)n2)n1.Cc1cc(C(F)(F)F)nc(Nc2nc(C(=O)O)cs2)n1.O.[Li+].[OH-]. The number of hydrogen-bond acceptors (Lipinski definition) is 14. The second-order valence-electron chi connectivity index (χ2n) is 7.78. The Morgan fingerprint density at radius 1 is 0.800 bits per heavy atom. The molecule has 0 bridgehead atoms. The molecule has 0 aliphatic heterocycles. The summed E-state index contributed by atoms with van der Waals surface area (Å²) < 4.78 is 80.6. The Morgan fingerprint density at radius 2 is 1.20 bits per heavy atom. The van der Waals surface area contributed by atoms with Gasteiger partial charge in [0.25, 0.3) is 0 Å². The Balaban J connectivity index is 0.000000810. The predicted octanol–water partition coefficient (Wildman–Crippen LogP) is 1.89. The standard InChI is InChI=1S/C12H11F3N4O2S.C10H7F3N4O2S.Li.2H2O/c1-3-21-9(20)7-5-22-11(17-7)19-10-16-6(2)4-8(18-10)12(13,14)15;1-4-2-6(10(11,12)13)16-8(14-4)17-9-15-5(3-20-9)7(18)19;;;/h4-5H,3H2,1-2H3,(H,16,17,18,19);2-3H,1H3,(H,18,19)(H,14,15,16,17);;2*1H2/q;;+1;;/p-1. The number of thiazole rings is 2. The van der Waals surface area contributed by atoms with Gasteiger partial charge in [0, 0.05) is 22.1 Å². The first-order chi connectivity index (χ1) is 19.5. The number of aryl methyl sites for hydroxylation is 2. The first kappa shape index (κ1) is 41.1. The average molecular weight is 679 g/mol. The molecule has 6 N–H and O–H groups in total. The summed E-state index contributed by atoms with van der Waals surface area (Å²) in [5.41, 5.74) is -1.98. The minimum atomic E-state index is -4.58. The van der Waals surface area contributed by atoms with E-state index in [1.165, 1.54) is 24.6 Å². The number of carbonyl (C=O) groups is 2. The summed E-state index contributed by atoms with van der Waals surface area (Å²) in [4.78, 5) is 44.1. The van der Waals surface area contributed by atoms with Crippen molar-refractivity contribution in [2.45, 2.75) is 33.1 Å². The normalized spacial score (nSPS) is 10.6. The number of aromatic nitrogens is 6. The molecule has 0 saturated carbocycles. The van der Waals surface area contributed by atoms with Gasteiger partial charge < -0.3 is 31.4 Å². The Labute approximate surface area is 269 Å². The summed E-state index contributed by atoms with van der Waals surface area (Å²) in [5, 5.41) is 16.7. The van der Waals surface area contributed by atoms with E-state index in [2.05, 4.69) is 40.5 Å². The minimum Gasteiger partial charge on any atom is -0.870 e. The Hall–Kier alpha value is -3.94. The van der Waals surface area contributed by atoms with Crippen LogP contribution in [-0.2, 0) is 17.1 Å². The van der Waals surface area contributed by atoms with Gasteiger partial charge in [-0.3, -0.25) is 0 Å². The number of carboxylic acids is 1. The number of hydrogen-bond donors (Lipinski definition) is 3. The van der Waals surface area contributed by atoms with Crippen molar-refractivity contribution >= 4 is 56.8 Å². The van der Waals surface area contributed by atoms with Gasteiger partial charge in [0.2, 0.25) is 11.9 Å². The van der Waals surface area contributed by atoms with Crippen LogP contribution in [0.2, 0.25) is 0 Å². The molecule has 0 amide bonds. The van der Waals surface area contributed by atoms with Gasteiger partial charge in [0.1, 0.15) is 11.4 Å². The molecule has 0 spiro atoms. The van der Waals surface area contributed by atoms with Gasteiger partial charge in [-0.15, -0.1) is 22.7 Å². The maximum Gasteiger partial charge on any atom is 1.00 e. The van der Waals surface area contributed by atoms with Gasteiger partial charge >= 0.3 is 43.2 Å². The quantitative estimate of drug-likeness (QED) is 0.144. The van der Waals surface area contributed by atoms with E-state index in [9.17, 15) is 35.9 Å². The molecular formula is C22H21F6LiN8O6S2. The number of ether oxygens (including phenoxy) is 1. The van der Waals surface area contributed by atoms with Crippen molar-refractivity contribution in [3.63, 3.8) is 0 Å². The fourth-order valence-electron chi connectivity index (χ4n) is 2.79. The van der Waals surface area contributed by atoms with Crippen LogP contribution in [0.4, 0.5) is 48.5 Å². The molecule has 0 aliphatic carbocycles. The summed E-state index contributed by atoms with van der Waals surface area (Å²) in [7, 11) is 0. The van der Waals surface area contributed by atoms with Crippen molar-refractivity contribution in [2.24, 2.45) is 0 Å². The van der Waals surface area contributed by atoms with Crippen molar-refractivity contribution < 1.29 is 75.6 Å². The van der Waals surface area contributed by atoms with E-state index < -0.39 is 35.7 Å². The molecule has 0 unspecified atom stereocenters. The zero-order valence-electron chi connectivity index (χ0n) is 23.4. The first-order valence-electron chi connectivity index (χ1n) is 11.3. The van der Waals surface area contributed by atoms with Gasteiger partial charge in [-0.1, -0.05) is 0 Å². The molecule has 23 heteroatoms. The van der Waals surface area contributed by atoms with Crippen molar-refractivity contribution in [1.82, 2.24) is 29.9 Å². The molecule has 4 heterocycles. The molecular weight excluding hydrogens is 657 g/mol. The monoisotopic (exact) mass is 678 g/mol. The number of aromatic carboxylic acids is 1. The number of anilines is 4. The zero-order valence-corrected chi connectivity index (χ0v) is 25.0. The van der Waals surface area contributed by atoms with Crippen LogP contribution in [0, 0.1) is 13.8 Å². The number of carboxylic acid groups (broad SMARTS) is 1. The second kappa shape index (κ2) is 16.9. The molecule has 0 saturated heterocycles. The van der Waals surface area contributed by atoms with Crippen LogP contribution in [0.15, 0.2) is 22.9 Å². The molecule has 45 heavy (non-hydrogen) atoms. The second-order valence-corrected chi connectivity index (χ2v) is 9.50. The summed E-state index contributed by atoms with van der Waals surface area (Å²) in [6, 6.07) is 1.66. The third-order valence-corrected chi connectivity index (χ3v) is 5.95. The Morgan fingerprint density at radius 3 is 1.56 bits per heavy atom. The van der Waals surface area contributed by atoms with Gasteiger partial charge in [0.15, 0.2) is 21.7 Å². The number of carbonyl (C=O) groups excluding carboxylic acids is 1. The van der Waals surface area contributed by atoms with E-state index >= 15 is 0 Å². The number of rotatable bonds is 7. The van der Waals surface area contributed by atoms with Crippen molar-refractivity contribution in [3.8, 4) is 0 Å². The maximum atomic E-state index is 12.7. The first-order valence-corrected chi connectivity index (χ1v) is 13.0. The molecule has 0 aliphatic rings. The van der Waals surface area contributed by atoms with Crippen molar-refractivity contribution in [3.05, 3.63) is 57.1 Å². The van der Waals surface area contributed by atoms with Crippen LogP contribution in [0.5, 0.6) is 0 Å². The predicted molar refractivity (Wildman–Crippen MR) is 143 cm³/mol. The van der Waals surface area contributed by atoms with Crippen molar-refractivity contribution in [2.75, 3.05) is 17.2 Å². The minimum absolute atomic E-state index is 0. The fourth-order valence-corrected chi connectivity index (χ4v) is 4.14. The topological polar surface area (TPSA) is 226 Å². The van der Waals surface area contributed by atoms with Crippen LogP contribution < -0.4 is 29.5 Å². The van der Waals surface area contributed by atoms with Crippen LogP contribution >= 0.6 is 22.7 Å². The number of halogens is 6. The average Bonchev–Trinajstić information content (AvgIpc) is 3.53. The van der Waals surface area contributed by atoms with Gasteiger partial charge in [-0.05, 0) is 32.9 Å². The van der Waals surface area contributed by atoms with Gasteiger partial charge in [0.05, 0.1) is 6.61 Å². The molecule has 0 atom stereocenters. The molecule has 240 valence electrons. The van der Waals surface area contributed by atoms with E-state index in [4.69, 9.17) is 9.84 Å². The summed E-state index contributed by atoms with van der Waals surface area (Å²) in [6.07, 6.45) is -9.15. The van der Waals surface area contributed by atoms with Gasteiger partial charge in [-0.2, -0.15) is 26.3 Å². The van der Waals surface area contributed by atoms with Crippen LogP contribution in [0.3, 0.4) is 0 Å². The molecule has 0 fully saturated rings.